The zero-order valence-corrected chi connectivity index (χ0v) is 11.8. The smallest absolute Gasteiger partial charge is 0.241 e. The highest BCUT2D eigenvalue weighted by atomic mass is 32.2. The van der Waals surface area contributed by atoms with Crippen LogP contribution in [0.3, 0.4) is 0 Å². The van der Waals surface area contributed by atoms with Gasteiger partial charge in [0.05, 0.1) is 12.8 Å². The van der Waals surface area contributed by atoms with E-state index in [1.807, 2.05) is 0 Å². The number of sulfonamides is 1. The minimum Gasteiger partial charge on any atom is -0.354 e. The van der Waals surface area contributed by atoms with Crippen molar-refractivity contribution in [1.29, 1.82) is 0 Å². The number of carbonyl (C=O) groups excluding carboxylic acids is 2. The Morgan fingerprint density at radius 1 is 1.32 bits per heavy atom. The van der Waals surface area contributed by atoms with E-state index in [9.17, 15) is 18.0 Å². The van der Waals surface area contributed by atoms with Crippen LogP contribution in [0.25, 0.3) is 0 Å². The standard InChI is InChI=1S/C11H19N3O4S/c1-19(17,18)14-7-2-4-9(14)11(16)13-6-3-5-12-10(15)8-13/h9H,2-8H2,1H3,(H,12,15). The Balaban J connectivity index is 2.12. The minimum atomic E-state index is -3.37. The molecule has 0 aromatic carbocycles. The van der Waals surface area contributed by atoms with Gasteiger partial charge in [0.2, 0.25) is 21.8 Å². The van der Waals surface area contributed by atoms with Crippen molar-refractivity contribution in [3.8, 4) is 0 Å². The molecule has 2 amide bonds. The molecule has 108 valence electrons. The first-order valence-electron chi connectivity index (χ1n) is 6.42. The highest BCUT2D eigenvalue weighted by Gasteiger charge is 2.39. The predicted molar refractivity (Wildman–Crippen MR) is 68.8 cm³/mol. The molecule has 0 aromatic heterocycles. The van der Waals surface area contributed by atoms with E-state index < -0.39 is 16.1 Å². The van der Waals surface area contributed by atoms with Crippen molar-refractivity contribution in [3.05, 3.63) is 0 Å². The van der Waals surface area contributed by atoms with E-state index in [4.69, 9.17) is 0 Å². The summed E-state index contributed by atoms with van der Waals surface area (Å²) < 4.78 is 24.5. The SMILES string of the molecule is CS(=O)(=O)N1CCCC1C(=O)N1CCCNC(=O)C1. The van der Waals surface area contributed by atoms with E-state index >= 15 is 0 Å². The third kappa shape index (κ3) is 3.24. The van der Waals surface area contributed by atoms with Crippen molar-refractivity contribution >= 4 is 21.8 Å². The van der Waals surface area contributed by atoms with E-state index in [1.54, 1.807) is 0 Å². The van der Waals surface area contributed by atoms with Gasteiger partial charge in [0.1, 0.15) is 6.04 Å². The summed E-state index contributed by atoms with van der Waals surface area (Å²) in [6, 6.07) is -0.638. The lowest BCUT2D eigenvalue weighted by atomic mass is 10.2. The zero-order valence-electron chi connectivity index (χ0n) is 11.0. The van der Waals surface area contributed by atoms with E-state index in [-0.39, 0.29) is 18.4 Å². The molecular weight excluding hydrogens is 270 g/mol. The van der Waals surface area contributed by atoms with Crippen molar-refractivity contribution in [2.75, 3.05) is 32.4 Å². The maximum atomic E-state index is 12.4. The van der Waals surface area contributed by atoms with Gasteiger partial charge in [-0.3, -0.25) is 9.59 Å². The van der Waals surface area contributed by atoms with Crippen molar-refractivity contribution in [2.24, 2.45) is 0 Å². The van der Waals surface area contributed by atoms with E-state index in [2.05, 4.69) is 5.32 Å². The van der Waals surface area contributed by atoms with Gasteiger partial charge in [-0.2, -0.15) is 4.31 Å². The van der Waals surface area contributed by atoms with Crippen LogP contribution in [0.15, 0.2) is 0 Å². The van der Waals surface area contributed by atoms with Crippen LogP contribution in [-0.2, 0) is 19.6 Å². The zero-order chi connectivity index (χ0) is 14.0. The van der Waals surface area contributed by atoms with Crippen molar-refractivity contribution in [3.63, 3.8) is 0 Å². The van der Waals surface area contributed by atoms with E-state index in [1.165, 1.54) is 9.21 Å². The summed E-state index contributed by atoms with van der Waals surface area (Å²) in [6.07, 6.45) is 3.03. The minimum absolute atomic E-state index is 0.0208. The molecule has 1 atom stereocenters. The summed E-state index contributed by atoms with van der Waals surface area (Å²) in [4.78, 5) is 25.3. The van der Waals surface area contributed by atoms with Crippen LogP contribution < -0.4 is 5.32 Å². The van der Waals surface area contributed by atoms with Crippen LogP contribution >= 0.6 is 0 Å². The molecule has 7 nitrogen and oxygen atoms in total. The molecule has 0 bridgehead atoms. The summed E-state index contributed by atoms with van der Waals surface area (Å²) in [6.45, 7) is 1.46. The second-order valence-electron chi connectivity index (χ2n) is 5.00. The fourth-order valence-electron chi connectivity index (χ4n) is 2.59. The lowest BCUT2D eigenvalue weighted by molar-refractivity contribution is -0.137. The molecular formula is C11H19N3O4S. The third-order valence-electron chi connectivity index (χ3n) is 3.49. The molecule has 2 fully saturated rings. The number of carbonyl (C=O) groups is 2. The summed E-state index contributed by atoms with van der Waals surface area (Å²) in [7, 11) is -3.37. The quantitative estimate of drug-likeness (QED) is 0.689. The van der Waals surface area contributed by atoms with Crippen molar-refractivity contribution in [1.82, 2.24) is 14.5 Å². The Kier molecular flexibility index (Phi) is 4.10. The number of nitrogens with zero attached hydrogens (tertiary/aromatic N) is 2. The summed E-state index contributed by atoms with van der Waals surface area (Å²) in [5.41, 5.74) is 0. The number of hydrogen-bond acceptors (Lipinski definition) is 4. The first kappa shape index (κ1) is 14.3. The third-order valence-corrected chi connectivity index (χ3v) is 4.78. The number of amides is 2. The monoisotopic (exact) mass is 289 g/mol. The largest absolute Gasteiger partial charge is 0.354 e. The normalized spacial score (nSPS) is 26.1. The summed E-state index contributed by atoms with van der Waals surface area (Å²) in [5.74, 6) is -0.435. The molecule has 2 rings (SSSR count). The molecule has 0 radical (unpaired) electrons. The van der Waals surface area contributed by atoms with Gasteiger partial charge in [0, 0.05) is 19.6 Å². The van der Waals surface area contributed by atoms with Gasteiger partial charge < -0.3 is 10.2 Å². The van der Waals surface area contributed by atoms with Crippen LogP contribution in [0.5, 0.6) is 0 Å². The Bertz CT molecular complexity index is 476. The number of nitrogens with one attached hydrogen (secondary N) is 1. The second kappa shape index (κ2) is 5.46. The fraction of sp³-hybridized carbons (Fsp3) is 0.818. The molecule has 0 aliphatic carbocycles. The van der Waals surface area contributed by atoms with Gasteiger partial charge in [-0.25, -0.2) is 8.42 Å². The molecule has 0 spiro atoms. The average Bonchev–Trinajstić information content (AvgIpc) is 2.72. The molecule has 0 aromatic rings. The highest BCUT2D eigenvalue weighted by molar-refractivity contribution is 7.88. The van der Waals surface area contributed by atoms with Crippen LogP contribution in [0.1, 0.15) is 19.3 Å². The Morgan fingerprint density at radius 2 is 2.05 bits per heavy atom. The van der Waals surface area contributed by atoms with Gasteiger partial charge in [-0.05, 0) is 19.3 Å². The first-order chi connectivity index (χ1) is 8.89. The maximum Gasteiger partial charge on any atom is 0.241 e. The van der Waals surface area contributed by atoms with Crippen LogP contribution in [-0.4, -0.2) is 67.9 Å². The molecule has 2 heterocycles. The molecule has 1 unspecified atom stereocenters. The average molecular weight is 289 g/mol. The highest BCUT2D eigenvalue weighted by Crippen LogP contribution is 2.22. The van der Waals surface area contributed by atoms with E-state index in [0.29, 0.717) is 38.9 Å². The number of hydrogen-bond donors (Lipinski definition) is 1. The molecule has 0 saturated carbocycles. The molecule has 1 N–H and O–H groups in total. The lowest BCUT2D eigenvalue weighted by Crippen LogP contribution is -2.49. The molecule has 8 heteroatoms. The fourth-order valence-corrected chi connectivity index (χ4v) is 3.71. The van der Waals surface area contributed by atoms with Gasteiger partial charge in [-0.15, -0.1) is 0 Å². The molecule has 2 saturated heterocycles. The summed E-state index contributed by atoms with van der Waals surface area (Å²) in [5, 5.41) is 2.70. The molecule has 19 heavy (non-hydrogen) atoms. The van der Waals surface area contributed by atoms with Crippen LogP contribution in [0.4, 0.5) is 0 Å². The molecule has 2 aliphatic heterocycles. The van der Waals surface area contributed by atoms with Crippen LogP contribution in [0, 0.1) is 0 Å². The Hall–Kier alpha value is -1.15. The van der Waals surface area contributed by atoms with Crippen molar-refractivity contribution < 1.29 is 18.0 Å². The van der Waals surface area contributed by atoms with Gasteiger partial charge >= 0.3 is 0 Å². The predicted octanol–water partition coefficient (Wildman–Crippen LogP) is -1.24. The Labute approximate surface area is 113 Å². The Morgan fingerprint density at radius 3 is 2.74 bits per heavy atom. The van der Waals surface area contributed by atoms with Gasteiger partial charge in [0.15, 0.2) is 0 Å². The first-order valence-corrected chi connectivity index (χ1v) is 8.27. The number of rotatable bonds is 2. The second-order valence-corrected chi connectivity index (χ2v) is 6.93. The van der Waals surface area contributed by atoms with Gasteiger partial charge in [-0.1, -0.05) is 0 Å². The lowest BCUT2D eigenvalue weighted by Gasteiger charge is -2.27. The van der Waals surface area contributed by atoms with Crippen molar-refractivity contribution in [2.45, 2.75) is 25.3 Å². The van der Waals surface area contributed by atoms with Crippen LogP contribution in [0.2, 0.25) is 0 Å². The topological polar surface area (TPSA) is 86.8 Å². The van der Waals surface area contributed by atoms with Gasteiger partial charge in [0.25, 0.3) is 0 Å². The summed E-state index contributed by atoms with van der Waals surface area (Å²) >= 11 is 0. The van der Waals surface area contributed by atoms with E-state index in [0.717, 1.165) is 6.26 Å². The maximum absolute atomic E-state index is 12.4. The molecule has 2 aliphatic rings.